The van der Waals surface area contributed by atoms with Crippen molar-refractivity contribution in [2.24, 2.45) is 5.92 Å². The molecular formula is C22H36BrN5O. The fourth-order valence-electron chi connectivity index (χ4n) is 4.20. The van der Waals surface area contributed by atoms with Gasteiger partial charge in [-0.1, -0.05) is 28.9 Å². The first-order valence-electron chi connectivity index (χ1n) is 11.1. The molecule has 2 fully saturated rings. The second kappa shape index (κ2) is 11.8. The van der Waals surface area contributed by atoms with Crippen molar-refractivity contribution in [3.8, 4) is 0 Å². The Morgan fingerprint density at radius 3 is 2.66 bits per heavy atom. The number of anilines is 1. The number of nitrogens with zero attached hydrogens (tertiary/aromatic N) is 3. The summed E-state index contributed by atoms with van der Waals surface area (Å²) in [7, 11) is 0. The molecule has 29 heavy (non-hydrogen) atoms. The molecule has 162 valence electrons. The average molecular weight is 466 g/mol. The summed E-state index contributed by atoms with van der Waals surface area (Å²) in [6.07, 6.45) is 3.32. The Morgan fingerprint density at radius 2 is 1.90 bits per heavy atom. The number of likely N-dealkylation sites (N-methyl/N-ethyl adjacent to an activating group) is 1. The van der Waals surface area contributed by atoms with Crippen LogP contribution in [0.4, 0.5) is 10.5 Å². The SMILES string of the molecule is CCN1CCN(CCCCNC(=O)NCC2CCN(c3cccc(Br)c3)C2)CC1. The number of amides is 2. The van der Waals surface area contributed by atoms with Crippen LogP contribution in [0.25, 0.3) is 0 Å². The van der Waals surface area contributed by atoms with Crippen molar-refractivity contribution >= 4 is 27.6 Å². The van der Waals surface area contributed by atoms with Crippen molar-refractivity contribution in [3.63, 3.8) is 0 Å². The molecule has 2 N–H and O–H groups in total. The maximum absolute atomic E-state index is 12.1. The molecule has 2 aliphatic rings. The van der Waals surface area contributed by atoms with Gasteiger partial charge in [0.05, 0.1) is 0 Å². The van der Waals surface area contributed by atoms with Crippen LogP contribution in [0.2, 0.25) is 0 Å². The van der Waals surface area contributed by atoms with Crippen LogP contribution >= 0.6 is 15.9 Å². The predicted octanol–water partition coefficient (Wildman–Crippen LogP) is 2.99. The van der Waals surface area contributed by atoms with Gasteiger partial charge in [-0.2, -0.15) is 0 Å². The highest BCUT2D eigenvalue weighted by Crippen LogP contribution is 2.25. The average Bonchev–Trinajstić information content (AvgIpc) is 3.22. The minimum atomic E-state index is -0.0255. The second-order valence-corrected chi connectivity index (χ2v) is 9.12. The summed E-state index contributed by atoms with van der Waals surface area (Å²) in [6.45, 7) is 12.9. The number of nitrogens with one attached hydrogen (secondary N) is 2. The zero-order valence-corrected chi connectivity index (χ0v) is 19.3. The van der Waals surface area contributed by atoms with E-state index < -0.39 is 0 Å². The first-order chi connectivity index (χ1) is 14.1. The van der Waals surface area contributed by atoms with Gasteiger partial charge in [-0.25, -0.2) is 4.79 Å². The lowest BCUT2D eigenvalue weighted by atomic mass is 10.1. The Balaban J connectivity index is 1.22. The highest BCUT2D eigenvalue weighted by Gasteiger charge is 2.23. The summed E-state index contributed by atoms with van der Waals surface area (Å²) < 4.78 is 1.11. The monoisotopic (exact) mass is 465 g/mol. The first-order valence-corrected chi connectivity index (χ1v) is 11.9. The van der Waals surface area contributed by atoms with Crippen molar-refractivity contribution in [3.05, 3.63) is 28.7 Å². The molecule has 0 aliphatic carbocycles. The van der Waals surface area contributed by atoms with Gasteiger partial charge in [-0.05, 0) is 56.5 Å². The molecule has 1 aromatic carbocycles. The molecule has 1 atom stereocenters. The largest absolute Gasteiger partial charge is 0.371 e. The fourth-order valence-corrected chi connectivity index (χ4v) is 4.58. The number of rotatable bonds is 9. The lowest BCUT2D eigenvalue weighted by Crippen LogP contribution is -2.46. The maximum Gasteiger partial charge on any atom is 0.314 e. The highest BCUT2D eigenvalue weighted by molar-refractivity contribution is 9.10. The van der Waals surface area contributed by atoms with E-state index in [1.54, 1.807) is 0 Å². The van der Waals surface area contributed by atoms with Gasteiger partial charge in [0.2, 0.25) is 0 Å². The Kier molecular flexibility index (Phi) is 9.08. The molecule has 0 radical (unpaired) electrons. The van der Waals surface area contributed by atoms with Gasteiger partial charge in [-0.15, -0.1) is 0 Å². The maximum atomic E-state index is 12.1. The zero-order valence-electron chi connectivity index (χ0n) is 17.7. The third-order valence-electron chi connectivity index (χ3n) is 6.11. The molecule has 7 heteroatoms. The predicted molar refractivity (Wildman–Crippen MR) is 124 cm³/mol. The van der Waals surface area contributed by atoms with E-state index in [1.807, 2.05) is 0 Å². The summed E-state index contributed by atoms with van der Waals surface area (Å²) in [4.78, 5) is 19.5. The van der Waals surface area contributed by atoms with Crippen molar-refractivity contribution in [2.45, 2.75) is 26.2 Å². The Morgan fingerprint density at radius 1 is 1.10 bits per heavy atom. The molecule has 2 aliphatic heterocycles. The minimum absolute atomic E-state index is 0.0255. The number of carbonyl (C=O) groups excluding carboxylic acids is 1. The molecule has 0 aromatic heterocycles. The number of hydrogen-bond acceptors (Lipinski definition) is 4. The van der Waals surface area contributed by atoms with Crippen LogP contribution in [0, 0.1) is 5.92 Å². The van der Waals surface area contributed by atoms with E-state index in [9.17, 15) is 4.79 Å². The number of carbonyl (C=O) groups is 1. The number of urea groups is 1. The van der Waals surface area contributed by atoms with Gasteiger partial charge in [-0.3, -0.25) is 0 Å². The third kappa shape index (κ3) is 7.46. The lowest BCUT2D eigenvalue weighted by molar-refractivity contribution is 0.135. The number of piperazine rings is 1. The van der Waals surface area contributed by atoms with Crippen LogP contribution in [0.15, 0.2) is 28.7 Å². The second-order valence-electron chi connectivity index (χ2n) is 8.20. The first kappa shape index (κ1) is 22.4. The number of benzene rings is 1. The van der Waals surface area contributed by atoms with E-state index in [0.29, 0.717) is 5.92 Å². The summed E-state index contributed by atoms with van der Waals surface area (Å²) in [6, 6.07) is 8.41. The molecule has 2 heterocycles. The summed E-state index contributed by atoms with van der Waals surface area (Å²) in [5.74, 6) is 0.515. The molecule has 0 bridgehead atoms. The summed E-state index contributed by atoms with van der Waals surface area (Å²) >= 11 is 3.54. The fraction of sp³-hybridized carbons (Fsp3) is 0.682. The topological polar surface area (TPSA) is 50.9 Å². The van der Waals surface area contributed by atoms with Gasteiger partial charge in [0.1, 0.15) is 0 Å². The van der Waals surface area contributed by atoms with Gasteiger partial charge < -0.3 is 25.3 Å². The Hall–Kier alpha value is -1.31. The van der Waals surface area contributed by atoms with Crippen molar-refractivity contribution in [2.75, 3.05) is 70.3 Å². The zero-order chi connectivity index (χ0) is 20.5. The van der Waals surface area contributed by atoms with E-state index in [4.69, 9.17) is 0 Å². The Bertz CT molecular complexity index is 635. The molecule has 0 spiro atoms. The van der Waals surface area contributed by atoms with Crippen LogP contribution in [0.3, 0.4) is 0 Å². The van der Waals surface area contributed by atoms with Crippen LogP contribution in [0.5, 0.6) is 0 Å². The van der Waals surface area contributed by atoms with Gasteiger partial charge in [0, 0.05) is 62.5 Å². The molecule has 2 saturated heterocycles. The summed E-state index contributed by atoms with van der Waals surface area (Å²) in [5, 5.41) is 6.07. The van der Waals surface area contributed by atoms with Crippen molar-refractivity contribution < 1.29 is 4.79 Å². The van der Waals surface area contributed by atoms with Crippen molar-refractivity contribution in [1.82, 2.24) is 20.4 Å². The Labute approximate surface area is 184 Å². The van der Waals surface area contributed by atoms with E-state index >= 15 is 0 Å². The van der Waals surface area contributed by atoms with Crippen LogP contribution in [-0.4, -0.2) is 81.3 Å². The third-order valence-corrected chi connectivity index (χ3v) is 6.60. The highest BCUT2D eigenvalue weighted by atomic mass is 79.9. The van der Waals surface area contributed by atoms with Gasteiger partial charge in [0.15, 0.2) is 0 Å². The quantitative estimate of drug-likeness (QED) is 0.550. The molecule has 2 amide bonds. The molecule has 6 nitrogen and oxygen atoms in total. The standard InChI is InChI=1S/C22H36BrN5O/c1-2-26-12-14-27(15-13-26)10-4-3-9-24-22(29)25-17-19-8-11-28(18-19)21-7-5-6-20(23)16-21/h5-7,16,19H,2-4,8-15,17-18H2,1H3,(H2,24,25,29). The number of hydrogen-bond donors (Lipinski definition) is 2. The molecule has 1 aromatic rings. The normalized spacial score (nSPS) is 20.8. The minimum Gasteiger partial charge on any atom is -0.371 e. The summed E-state index contributed by atoms with van der Waals surface area (Å²) in [5.41, 5.74) is 1.25. The smallest absolute Gasteiger partial charge is 0.314 e. The van der Waals surface area contributed by atoms with E-state index in [2.05, 4.69) is 72.5 Å². The van der Waals surface area contributed by atoms with E-state index in [-0.39, 0.29) is 6.03 Å². The lowest BCUT2D eigenvalue weighted by Gasteiger charge is -2.33. The molecule has 3 rings (SSSR count). The van der Waals surface area contributed by atoms with Crippen LogP contribution < -0.4 is 15.5 Å². The van der Waals surface area contributed by atoms with Gasteiger partial charge in [0.25, 0.3) is 0 Å². The van der Waals surface area contributed by atoms with Gasteiger partial charge >= 0.3 is 6.03 Å². The van der Waals surface area contributed by atoms with Crippen molar-refractivity contribution in [1.29, 1.82) is 0 Å². The van der Waals surface area contributed by atoms with Crippen LogP contribution in [-0.2, 0) is 0 Å². The molecular weight excluding hydrogens is 430 g/mol. The number of unbranched alkanes of at least 4 members (excludes halogenated alkanes) is 1. The molecule has 1 unspecified atom stereocenters. The number of halogens is 1. The van der Waals surface area contributed by atoms with Crippen LogP contribution in [0.1, 0.15) is 26.2 Å². The van der Waals surface area contributed by atoms with E-state index in [1.165, 1.54) is 31.9 Å². The van der Waals surface area contributed by atoms with E-state index in [0.717, 1.165) is 63.0 Å². The molecule has 0 saturated carbocycles.